The highest BCUT2D eigenvalue weighted by molar-refractivity contribution is 5.92. The Morgan fingerprint density at radius 2 is 0.894 bits per heavy atom. The summed E-state index contributed by atoms with van der Waals surface area (Å²) in [6.45, 7) is 7.12. The van der Waals surface area contributed by atoms with Crippen LogP contribution in [0.2, 0.25) is 0 Å². The molecule has 240 valence electrons. The summed E-state index contributed by atoms with van der Waals surface area (Å²) in [4.78, 5) is 47.3. The fourth-order valence-corrected chi connectivity index (χ4v) is 3.98. The Morgan fingerprint density at radius 1 is 0.489 bits per heavy atom. The molecular formula is C37H32O10. The second-order valence-corrected chi connectivity index (χ2v) is 9.73. The summed E-state index contributed by atoms with van der Waals surface area (Å²) in [7, 11) is 0. The van der Waals surface area contributed by atoms with Gasteiger partial charge in [-0.3, -0.25) is 0 Å². The van der Waals surface area contributed by atoms with Crippen molar-refractivity contribution in [3.8, 4) is 34.1 Å². The molecule has 0 unspecified atom stereocenters. The number of esters is 4. The van der Waals surface area contributed by atoms with Crippen molar-refractivity contribution in [1.29, 1.82) is 0 Å². The lowest BCUT2D eigenvalue weighted by molar-refractivity contribution is -0.144. The van der Waals surface area contributed by atoms with Crippen LogP contribution in [0.25, 0.3) is 11.1 Å². The Labute approximate surface area is 271 Å². The van der Waals surface area contributed by atoms with E-state index < -0.39 is 23.9 Å². The van der Waals surface area contributed by atoms with Crippen molar-refractivity contribution in [2.75, 3.05) is 20.0 Å². The van der Waals surface area contributed by atoms with Gasteiger partial charge in [0.1, 0.15) is 23.0 Å². The molecule has 0 amide bonds. The van der Waals surface area contributed by atoms with Gasteiger partial charge in [-0.1, -0.05) is 37.4 Å². The van der Waals surface area contributed by atoms with Crippen LogP contribution in [0.4, 0.5) is 0 Å². The van der Waals surface area contributed by atoms with Crippen molar-refractivity contribution in [2.45, 2.75) is 12.8 Å². The molecule has 0 radical (unpaired) electrons. The zero-order chi connectivity index (χ0) is 33.4. The molecule has 0 aromatic heterocycles. The van der Waals surface area contributed by atoms with E-state index in [0.717, 1.165) is 23.3 Å². The minimum atomic E-state index is -0.600. The molecule has 10 heteroatoms. The Balaban J connectivity index is 1.22. The van der Waals surface area contributed by atoms with E-state index in [1.165, 1.54) is 12.1 Å². The predicted octanol–water partition coefficient (Wildman–Crippen LogP) is 6.75. The van der Waals surface area contributed by atoms with E-state index in [1.54, 1.807) is 60.7 Å². The lowest BCUT2D eigenvalue weighted by Crippen LogP contribution is -2.09. The second kappa shape index (κ2) is 17.4. The number of hydrogen-bond donors (Lipinski definition) is 0. The van der Waals surface area contributed by atoms with Crippen LogP contribution in [0.15, 0.2) is 122 Å². The minimum absolute atomic E-state index is 0.275. The Hall–Kier alpha value is -6.16. The molecule has 0 saturated heterocycles. The molecule has 10 nitrogen and oxygen atoms in total. The van der Waals surface area contributed by atoms with Crippen molar-refractivity contribution in [3.63, 3.8) is 0 Å². The third-order valence-corrected chi connectivity index (χ3v) is 6.45. The molecule has 0 saturated carbocycles. The van der Waals surface area contributed by atoms with Crippen molar-refractivity contribution in [1.82, 2.24) is 0 Å². The molecule has 0 aliphatic carbocycles. The van der Waals surface area contributed by atoms with Gasteiger partial charge >= 0.3 is 23.9 Å². The smallest absolute Gasteiger partial charge is 0.343 e. The van der Waals surface area contributed by atoms with E-state index in [-0.39, 0.29) is 6.79 Å². The molecule has 47 heavy (non-hydrogen) atoms. The van der Waals surface area contributed by atoms with Gasteiger partial charge in [0.25, 0.3) is 0 Å². The van der Waals surface area contributed by atoms with Crippen molar-refractivity contribution in [2.24, 2.45) is 0 Å². The number of rotatable bonds is 16. The van der Waals surface area contributed by atoms with Gasteiger partial charge in [-0.2, -0.15) is 0 Å². The zero-order valence-corrected chi connectivity index (χ0v) is 25.4. The van der Waals surface area contributed by atoms with Gasteiger partial charge in [-0.15, -0.1) is 0 Å². The monoisotopic (exact) mass is 636 g/mol. The third kappa shape index (κ3) is 10.8. The van der Waals surface area contributed by atoms with E-state index in [0.29, 0.717) is 60.2 Å². The molecule has 0 atom stereocenters. The van der Waals surface area contributed by atoms with Crippen LogP contribution >= 0.6 is 0 Å². The first-order valence-corrected chi connectivity index (χ1v) is 14.5. The number of carbonyl (C=O) groups is 4. The van der Waals surface area contributed by atoms with Gasteiger partial charge in [0.05, 0.1) is 24.3 Å². The molecule has 0 N–H and O–H groups in total. The largest absolute Gasteiger partial charge is 0.494 e. The maximum absolute atomic E-state index is 12.6. The highest BCUT2D eigenvalue weighted by atomic mass is 16.7. The summed E-state index contributed by atoms with van der Waals surface area (Å²) in [5, 5.41) is 0. The predicted molar refractivity (Wildman–Crippen MR) is 172 cm³/mol. The number of benzene rings is 4. The van der Waals surface area contributed by atoms with Crippen LogP contribution in [0.1, 0.15) is 33.6 Å². The Morgan fingerprint density at radius 3 is 1.36 bits per heavy atom. The van der Waals surface area contributed by atoms with Crippen LogP contribution in [-0.4, -0.2) is 43.9 Å². The van der Waals surface area contributed by atoms with Gasteiger partial charge in [-0.05, 0) is 96.8 Å². The van der Waals surface area contributed by atoms with E-state index in [2.05, 4.69) is 13.2 Å². The fraction of sp³-hybridized carbons (Fsp3) is 0.135. The van der Waals surface area contributed by atoms with Crippen molar-refractivity contribution >= 4 is 23.9 Å². The molecule has 4 aromatic rings. The highest BCUT2D eigenvalue weighted by Crippen LogP contribution is 2.26. The lowest BCUT2D eigenvalue weighted by Gasteiger charge is -2.09. The normalized spacial score (nSPS) is 10.2. The van der Waals surface area contributed by atoms with Gasteiger partial charge < -0.3 is 28.4 Å². The van der Waals surface area contributed by atoms with Crippen LogP contribution in [0.3, 0.4) is 0 Å². The van der Waals surface area contributed by atoms with E-state index in [1.807, 2.05) is 24.3 Å². The first-order valence-electron chi connectivity index (χ1n) is 14.5. The minimum Gasteiger partial charge on any atom is -0.494 e. The van der Waals surface area contributed by atoms with E-state index >= 15 is 0 Å². The van der Waals surface area contributed by atoms with Gasteiger partial charge in [0.2, 0.25) is 6.79 Å². The average Bonchev–Trinajstić information content (AvgIpc) is 3.10. The molecule has 0 aliphatic heterocycles. The second-order valence-electron chi connectivity index (χ2n) is 9.73. The number of carbonyl (C=O) groups excluding carboxylic acids is 4. The first-order chi connectivity index (χ1) is 22.8. The highest BCUT2D eigenvalue weighted by Gasteiger charge is 2.11. The molecule has 4 aromatic carbocycles. The van der Waals surface area contributed by atoms with Gasteiger partial charge in [-0.25, -0.2) is 19.2 Å². The number of ether oxygens (including phenoxy) is 6. The lowest BCUT2D eigenvalue weighted by atomic mass is 10.1. The summed E-state index contributed by atoms with van der Waals surface area (Å²) in [6, 6.07) is 26.9. The van der Waals surface area contributed by atoms with Crippen LogP contribution in [0, 0.1) is 0 Å². The standard InChI is InChI=1S/C37H32O10/c1-3-34(38)43-24-6-5-23-42-30-15-11-28(12-16-30)36(40)46-32-19-7-26(8-20-32)27-9-21-33(22-10-27)47-37(41)29-13-17-31(18-14-29)44-25-45-35(39)4-2/h3-4,7-22H,1-2,5-6,23-25H2. The molecule has 0 spiro atoms. The van der Waals surface area contributed by atoms with Crippen LogP contribution in [0.5, 0.6) is 23.0 Å². The van der Waals surface area contributed by atoms with E-state index in [4.69, 9.17) is 28.4 Å². The summed E-state index contributed by atoms with van der Waals surface area (Å²) in [5.74, 6) is -0.318. The van der Waals surface area contributed by atoms with Gasteiger partial charge in [0, 0.05) is 12.2 Å². The summed E-state index contributed by atoms with van der Waals surface area (Å²) in [5.41, 5.74) is 2.43. The van der Waals surface area contributed by atoms with Crippen molar-refractivity contribution < 1.29 is 47.6 Å². The van der Waals surface area contributed by atoms with Crippen LogP contribution in [-0.2, 0) is 19.1 Å². The number of hydrogen-bond acceptors (Lipinski definition) is 10. The molecule has 0 aliphatic rings. The number of unbranched alkanes of at least 4 members (excludes halogenated alkanes) is 1. The maximum Gasteiger partial charge on any atom is 0.343 e. The fourth-order valence-electron chi connectivity index (χ4n) is 3.98. The summed E-state index contributed by atoms with van der Waals surface area (Å²) < 4.78 is 31.6. The quantitative estimate of drug-likeness (QED) is 0.0429. The topological polar surface area (TPSA) is 124 Å². The molecule has 4 rings (SSSR count). The molecule has 0 fully saturated rings. The maximum atomic E-state index is 12.6. The zero-order valence-electron chi connectivity index (χ0n) is 25.4. The Bertz CT molecular complexity index is 1670. The average molecular weight is 637 g/mol. The SMILES string of the molecule is C=CC(=O)OCCCCOc1ccc(C(=O)Oc2ccc(-c3ccc(OC(=O)c4ccc(OCOC(=O)C=C)cc4)cc3)cc2)cc1. The first kappa shape index (κ1) is 33.7. The Kier molecular flexibility index (Phi) is 12.5. The van der Waals surface area contributed by atoms with E-state index in [9.17, 15) is 19.2 Å². The third-order valence-electron chi connectivity index (χ3n) is 6.45. The molecule has 0 heterocycles. The molecular weight excluding hydrogens is 604 g/mol. The summed E-state index contributed by atoms with van der Waals surface area (Å²) in [6.07, 6.45) is 3.53. The van der Waals surface area contributed by atoms with Crippen molar-refractivity contribution in [3.05, 3.63) is 133 Å². The summed E-state index contributed by atoms with van der Waals surface area (Å²) >= 11 is 0. The van der Waals surface area contributed by atoms with Crippen LogP contribution < -0.4 is 18.9 Å². The van der Waals surface area contributed by atoms with Gasteiger partial charge in [0.15, 0.2) is 0 Å². The molecule has 0 bridgehead atoms.